The standard InChI is InChI=1S/C22H19ClN4O3S/c1-13-18(19(26-30-13)16-6-2-3-7-17(16)23)22(28)27-9-4-5-14(11-27)20-24-25-21(29-20)15-8-10-31-12-15/h2-3,6-8,10,12,14H,4-5,9,11H2,1H3. The maximum absolute atomic E-state index is 13.5. The van der Waals surface area contributed by atoms with Crippen LogP contribution in [0, 0.1) is 6.92 Å². The van der Waals surface area contributed by atoms with Gasteiger partial charge in [0.2, 0.25) is 11.8 Å². The lowest BCUT2D eigenvalue weighted by Gasteiger charge is -2.31. The van der Waals surface area contributed by atoms with Gasteiger partial charge >= 0.3 is 0 Å². The number of carbonyl (C=O) groups is 1. The largest absolute Gasteiger partial charge is 0.420 e. The zero-order chi connectivity index (χ0) is 21.4. The monoisotopic (exact) mass is 454 g/mol. The van der Waals surface area contributed by atoms with Crippen molar-refractivity contribution in [2.24, 2.45) is 0 Å². The number of aromatic nitrogens is 3. The van der Waals surface area contributed by atoms with Crippen LogP contribution >= 0.6 is 22.9 Å². The summed E-state index contributed by atoms with van der Waals surface area (Å²) in [5.41, 5.74) is 2.50. The molecule has 3 aromatic heterocycles. The Morgan fingerprint density at radius 2 is 2.13 bits per heavy atom. The number of amides is 1. The van der Waals surface area contributed by atoms with Crippen LogP contribution in [0.1, 0.15) is 40.8 Å². The molecule has 1 atom stereocenters. The van der Waals surface area contributed by atoms with E-state index in [1.165, 1.54) is 0 Å². The Morgan fingerprint density at radius 1 is 1.26 bits per heavy atom. The number of halogens is 1. The van der Waals surface area contributed by atoms with Crippen LogP contribution in [0.2, 0.25) is 5.02 Å². The van der Waals surface area contributed by atoms with Crippen LogP contribution in [0.15, 0.2) is 50.0 Å². The molecular weight excluding hydrogens is 436 g/mol. The molecule has 4 heterocycles. The van der Waals surface area contributed by atoms with E-state index in [1.54, 1.807) is 24.3 Å². The molecule has 1 aliphatic rings. The Labute approximate surface area is 187 Å². The Hall–Kier alpha value is -2.97. The number of hydrogen-bond acceptors (Lipinski definition) is 7. The van der Waals surface area contributed by atoms with Crippen molar-refractivity contribution in [2.45, 2.75) is 25.7 Å². The smallest absolute Gasteiger partial charge is 0.259 e. The van der Waals surface area contributed by atoms with Crippen LogP contribution < -0.4 is 0 Å². The number of hydrogen-bond donors (Lipinski definition) is 0. The molecule has 1 amide bonds. The highest BCUT2D eigenvalue weighted by atomic mass is 35.5. The van der Waals surface area contributed by atoms with Gasteiger partial charge in [0.1, 0.15) is 17.0 Å². The summed E-state index contributed by atoms with van der Waals surface area (Å²) in [7, 11) is 0. The summed E-state index contributed by atoms with van der Waals surface area (Å²) in [6, 6.07) is 9.25. The fourth-order valence-electron chi connectivity index (χ4n) is 3.88. The topological polar surface area (TPSA) is 85.3 Å². The molecule has 1 aromatic carbocycles. The van der Waals surface area contributed by atoms with Gasteiger partial charge in [-0.2, -0.15) is 11.3 Å². The minimum absolute atomic E-state index is 0.0125. The number of benzene rings is 1. The van der Waals surface area contributed by atoms with E-state index < -0.39 is 0 Å². The molecule has 0 spiro atoms. The van der Waals surface area contributed by atoms with E-state index >= 15 is 0 Å². The van der Waals surface area contributed by atoms with Crippen molar-refractivity contribution < 1.29 is 13.7 Å². The van der Waals surface area contributed by atoms with Crippen molar-refractivity contribution in [3.05, 3.63) is 63.3 Å². The SMILES string of the molecule is Cc1onc(-c2ccccc2Cl)c1C(=O)N1CCCC(c2nnc(-c3ccsc3)o2)C1. The van der Waals surface area contributed by atoms with Gasteiger partial charge in [0.05, 0.1) is 10.9 Å². The van der Waals surface area contributed by atoms with Crippen LogP contribution in [-0.4, -0.2) is 39.3 Å². The van der Waals surface area contributed by atoms with Gasteiger partial charge in [-0.1, -0.05) is 35.0 Å². The third-order valence-electron chi connectivity index (χ3n) is 5.47. The van der Waals surface area contributed by atoms with Gasteiger partial charge in [-0.25, -0.2) is 0 Å². The van der Waals surface area contributed by atoms with Gasteiger partial charge in [0, 0.05) is 29.6 Å². The molecule has 1 saturated heterocycles. The minimum Gasteiger partial charge on any atom is -0.420 e. The van der Waals surface area contributed by atoms with Gasteiger partial charge in [-0.3, -0.25) is 4.79 Å². The summed E-state index contributed by atoms with van der Waals surface area (Å²) in [6.07, 6.45) is 1.73. The van der Waals surface area contributed by atoms with Crippen molar-refractivity contribution in [1.82, 2.24) is 20.3 Å². The summed E-state index contributed by atoms with van der Waals surface area (Å²) in [5.74, 6) is 1.40. The highest BCUT2D eigenvalue weighted by Gasteiger charge is 2.32. The average molecular weight is 455 g/mol. The zero-order valence-corrected chi connectivity index (χ0v) is 18.3. The number of carbonyl (C=O) groups excluding carboxylic acids is 1. The van der Waals surface area contributed by atoms with Gasteiger partial charge < -0.3 is 13.8 Å². The molecule has 1 aliphatic heterocycles. The molecule has 7 nitrogen and oxygen atoms in total. The number of rotatable bonds is 4. The Kier molecular flexibility index (Phi) is 5.33. The second kappa shape index (κ2) is 8.28. The zero-order valence-electron chi connectivity index (χ0n) is 16.7. The molecule has 9 heteroatoms. The van der Waals surface area contributed by atoms with Gasteiger partial charge in [0.25, 0.3) is 5.91 Å². The number of thiophene rings is 1. The fourth-order valence-corrected chi connectivity index (χ4v) is 4.74. The minimum atomic E-state index is -0.129. The van der Waals surface area contributed by atoms with E-state index in [-0.39, 0.29) is 11.8 Å². The molecule has 0 saturated carbocycles. The third kappa shape index (κ3) is 3.77. The molecule has 0 bridgehead atoms. The van der Waals surface area contributed by atoms with Crippen LogP contribution in [0.4, 0.5) is 0 Å². The van der Waals surface area contributed by atoms with E-state index in [1.807, 2.05) is 39.9 Å². The summed E-state index contributed by atoms with van der Waals surface area (Å²) in [6.45, 7) is 2.89. The first-order valence-electron chi connectivity index (χ1n) is 9.98. The van der Waals surface area contributed by atoms with Crippen molar-refractivity contribution in [2.75, 3.05) is 13.1 Å². The first kappa shape index (κ1) is 20.0. The van der Waals surface area contributed by atoms with Crippen LogP contribution in [0.25, 0.3) is 22.7 Å². The van der Waals surface area contributed by atoms with Crippen molar-refractivity contribution in [3.63, 3.8) is 0 Å². The highest BCUT2D eigenvalue weighted by Crippen LogP contribution is 2.34. The Balaban J connectivity index is 1.40. The lowest BCUT2D eigenvalue weighted by atomic mass is 9.96. The number of aryl methyl sites for hydroxylation is 1. The molecule has 5 rings (SSSR count). The molecule has 31 heavy (non-hydrogen) atoms. The Bertz CT molecular complexity index is 1220. The highest BCUT2D eigenvalue weighted by molar-refractivity contribution is 7.08. The van der Waals surface area contributed by atoms with Crippen LogP contribution in [-0.2, 0) is 0 Å². The molecule has 158 valence electrons. The van der Waals surface area contributed by atoms with Crippen molar-refractivity contribution in [3.8, 4) is 22.7 Å². The lowest BCUT2D eigenvalue weighted by molar-refractivity contribution is 0.0697. The first-order valence-corrected chi connectivity index (χ1v) is 11.3. The van der Waals surface area contributed by atoms with Gasteiger partial charge in [-0.05, 0) is 37.3 Å². The van der Waals surface area contributed by atoms with Crippen molar-refractivity contribution >= 4 is 28.8 Å². The number of nitrogens with zero attached hydrogens (tertiary/aromatic N) is 4. The predicted molar refractivity (Wildman–Crippen MR) is 117 cm³/mol. The maximum atomic E-state index is 13.5. The normalized spacial score (nSPS) is 16.6. The second-order valence-electron chi connectivity index (χ2n) is 7.49. The summed E-state index contributed by atoms with van der Waals surface area (Å²) in [4.78, 5) is 15.3. The van der Waals surface area contributed by atoms with E-state index in [9.17, 15) is 4.79 Å². The molecule has 0 aliphatic carbocycles. The predicted octanol–water partition coefficient (Wildman–Crippen LogP) is 5.43. The second-order valence-corrected chi connectivity index (χ2v) is 8.68. The summed E-state index contributed by atoms with van der Waals surface area (Å²) in [5, 5.41) is 17.0. The maximum Gasteiger partial charge on any atom is 0.259 e. The fraction of sp³-hybridized carbons (Fsp3) is 0.273. The molecule has 1 fully saturated rings. The van der Waals surface area contributed by atoms with E-state index in [2.05, 4.69) is 15.4 Å². The van der Waals surface area contributed by atoms with Gasteiger partial charge in [-0.15, -0.1) is 10.2 Å². The summed E-state index contributed by atoms with van der Waals surface area (Å²) >= 11 is 7.92. The third-order valence-corrected chi connectivity index (χ3v) is 6.48. The van der Waals surface area contributed by atoms with E-state index in [0.29, 0.717) is 52.5 Å². The summed E-state index contributed by atoms with van der Waals surface area (Å²) < 4.78 is 11.3. The molecule has 0 N–H and O–H groups in total. The number of likely N-dealkylation sites (tertiary alicyclic amines) is 1. The molecule has 4 aromatic rings. The lowest BCUT2D eigenvalue weighted by Crippen LogP contribution is -2.39. The van der Waals surface area contributed by atoms with E-state index in [4.69, 9.17) is 20.5 Å². The van der Waals surface area contributed by atoms with E-state index in [0.717, 1.165) is 18.4 Å². The van der Waals surface area contributed by atoms with Gasteiger partial charge in [0.15, 0.2) is 0 Å². The first-order chi connectivity index (χ1) is 15.1. The van der Waals surface area contributed by atoms with Crippen LogP contribution in [0.3, 0.4) is 0 Å². The van der Waals surface area contributed by atoms with Crippen molar-refractivity contribution in [1.29, 1.82) is 0 Å². The quantitative estimate of drug-likeness (QED) is 0.408. The molecule has 0 radical (unpaired) electrons. The number of piperidine rings is 1. The Morgan fingerprint density at radius 3 is 2.94 bits per heavy atom. The average Bonchev–Trinajstić information content (AvgIpc) is 3.54. The van der Waals surface area contributed by atoms with Crippen LogP contribution in [0.5, 0.6) is 0 Å². The molecular formula is C22H19ClN4O3S. The molecule has 1 unspecified atom stereocenters.